The summed E-state index contributed by atoms with van der Waals surface area (Å²) < 4.78 is 41.5. The number of aryl methyl sites for hydroxylation is 1. The minimum atomic E-state index is -4.85. The molecule has 3 aromatic rings. The van der Waals surface area contributed by atoms with E-state index in [1.807, 2.05) is 0 Å². The summed E-state index contributed by atoms with van der Waals surface area (Å²) >= 11 is 5.84. The van der Waals surface area contributed by atoms with Crippen molar-refractivity contribution in [3.63, 3.8) is 0 Å². The summed E-state index contributed by atoms with van der Waals surface area (Å²) in [5, 5.41) is 16.1. The SMILES string of the molecule is Cc1ccc(NC(=O)c2cnn(-c3cccc(Cl)c3)c2C(F)(F)F)c(O)c1. The van der Waals surface area contributed by atoms with Gasteiger partial charge in [0.1, 0.15) is 5.75 Å². The Hall–Kier alpha value is -3.00. The van der Waals surface area contributed by atoms with Crippen LogP contribution in [0.1, 0.15) is 21.6 Å². The van der Waals surface area contributed by atoms with E-state index in [1.54, 1.807) is 13.0 Å². The largest absolute Gasteiger partial charge is 0.506 e. The van der Waals surface area contributed by atoms with Crippen molar-refractivity contribution in [3.05, 3.63) is 70.5 Å². The number of amides is 1. The molecule has 2 aromatic carbocycles. The van der Waals surface area contributed by atoms with Gasteiger partial charge in [0.25, 0.3) is 5.91 Å². The molecule has 1 aromatic heterocycles. The highest BCUT2D eigenvalue weighted by molar-refractivity contribution is 6.30. The van der Waals surface area contributed by atoms with Crippen LogP contribution in [0.5, 0.6) is 5.75 Å². The Morgan fingerprint density at radius 1 is 1.22 bits per heavy atom. The van der Waals surface area contributed by atoms with Crippen molar-refractivity contribution in [2.75, 3.05) is 5.32 Å². The second-order valence-corrected chi connectivity index (χ2v) is 6.21. The summed E-state index contributed by atoms with van der Waals surface area (Å²) in [6.45, 7) is 1.72. The normalized spacial score (nSPS) is 11.4. The van der Waals surface area contributed by atoms with Gasteiger partial charge in [-0.15, -0.1) is 0 Å². The quantitative estimate of drug-likeness (QED) is 0.625. The number of carbonyl (C=O) groups is 1. The molecule has 0 aliphatic carbocycles. The molecule has 0 fully saturated rings. The van der Waals surface area contributed by atoms with Gasteiger partial charge < -0.3 is 10.4 Å². The van der Waals surface area contributed by atoms with Crippen molar-refractivity contribution in [2.24, 2.45) is 0 Å². The van der Waals surface area contributed by atoms with E-state index < -0.39 is 23.3 Å². The second kappa shape index (κ2) is 6.96. The molecule has 0 spiro atoms. The molecule has 0 unspecified atom stereocenters. The van der Waals surface area contributed by atoms with Crippen molar-refractivity contribution in [3.8, 4) is 11.4 Å². The maximum atomic E-state index is 13.6. The third-order valence-electron chi connectivity index (χ3n) is 3.74. The first-order valence-electron chi connectivity index (χ1n) is 7.69. The van der Waals surface area contributed by atoms with E-state index in [-0.39, 0.29) is 22.1 Å². The van der Waals surface area contributed by atoms with Crippen LogP contribution in [-0.4, -0.2) is 20.8 Å². The molecule has 0 saturated carbocycles. The molecule has 140 valence electrons. The molecule has 1 amide bonds. The highest BCUT2D eigenvalue weighted by Crippen LogP contribution is 2.35. The molecule has 3 rings (SSSR count). The molecule has 0 saturated heterocycles. The maximum Gasteiger partial charge on any atom is 0.434 e. The first kappa shape index (κ1) is 18.8. The molecule has 0 aliphatic rings. The number of aromatic hydroxyl groups is 1. The zero-order chi connectivity index (χ0) is 19.8. The van der Waals surface area contributed by atoms with E-state index in [0.717, 1.165) is 11.8 Å². The van der Waals surface area contributed by atoms with Gasteiger partial charge in [-0.05, 0) is 42.8 Å². The highest BCUT2D eigenvalue weighted by Gasteiger charge is 2.40. The summed E-state index contributed by atoms with van der Waals surface area (Å²) in [4.78, 5) is 12.4. The van der Waals surface area contributed by atoms with Crippen LogP contribution in [0.25, 0.3) is 5.69 Å². The second-order valence-electron chi connectivity index (χ2n) is 5.77. The Bertz CT molecular complexity index is 1020. The lowest BCUT2D eigenvalue weighted by Gasteiger charge is -2.13. The number of hydrogen-bond donors (Lipinski definition) is 2. The number of nitrogens with zero attached hydrogens (tertiary/aromatic N) is 2. The Kier molecular flexibility index (Phi) is 4.84. The Morgan fingerprint density at radius 3 is 2.59 bits per heavy atom. The van der Waals surface area contributed by atoms with Gasteiger partial charge in [-0.25, -0.2) is 4.68 Å². The average molecular weight is 396 g/mol. The van der Waals surface area contributed by atoms with Crippen LogP contribution < -0.4 is 5.32 Å². The summed E-state index contributed by atoms with van der Waals surface area (Å²) in [6.07, 6.45) is -4.02. The van der Waals surface area contributed by atoms with Gasteiger partial charge in [-0.3, -0.25) is 4.79 Å². The van der Waals surface area contributed by atoms with E-state index >= 15 is 0 Å². The van der Waals surface area contributed by atoms with Crippen LogP contribution in [0, 0.1) is 6.92 Å². The van der Waals surface area contributed by atoms with Crippen LogP contribution in [0.3, 0.4) is 0 Å². The van der Waals surface area contributed by atoms with Gasteiger partial charge >= 0.3 is 6.18 Å². The highest BCUT2D eigenvalue weighted by atomic mass is 35.5. The van der Waals surface area contributed by atoms with E-state index in [2.05, 4.69) is 10.4 Å². The Morgan fingerprint density at radius 2 is 1.96 bits per heavy atom. The third-order valence-corrected chi connectivity index (χ3v) is 3.97. The van der Waals surface area contributed by atoms with E-state index in [0.29, 0.717) is 4.68 Å². The standard InChI is InChI=1S/C18H13ClF3N3O2/c1-10-5-6-14(15(26)7-10)24-17(27)13-9-23-25(16(13)18(20,21)22)12-4-2-3-11(19)8-12/h2-9,26H,1H3,(H,24,27). The summed E-state index contributed by atoms with van der Waals surface area (Å²) in [5.74, 6) is -1.30. The molecule has 5 nitrogen and oxygen atoms in total. The van der Waals surface area contributed by atoms with Gasteiger partial charge in [0.05, 0.1) is 23.1 Å². The third kappa shape index (κ3) is 3.90. The number of halogens is 4. The summed E-state index contributed by atoms with van der Waals surface area (Å²) in [5.41, 5.74) is -1.13. The van der Waals surface area contributed by atoms with E-state index in [4.69, 9.17) is 11.6 Å². The maximum absolute atomic E-state index is 13.6. The lowest BCUT2D eigenvalue weighted by Crippen LogP contribution is -2.20. The number of benzene rings is 2. The number of anilines is 1. The molecule has 0 atom stereocenters. The predicted molar refractivity (Wildman–Crippen MR) is 94.4 cm³/mol. The average Bonchev–Trinajstić information content (AvgIpc) is 3.03. The number of aromatic nitrogens is 2. The lowest BCUT2D eigenvalue weighted by molar-refractivity contribution is -0.143. The van der Waals surface area contributed by atoms with Gasteiger partial charge in [0.2, 0.25) is 0 Å². The number of carbonyl (C=O) groups excluding carboxylic acids is 1. The molecule has 27 heavy (non-hydrogen) atoms. The predicted octanol–water partition coefficient (Wildman–Crippen LogP) is 4.81. The van der Waals surface area contributed by atoms with Crippen molar-refractivity contribution >= 4 is 23.2 Å². The van der Waals surface area contributed by atoms with E-state index in [1.165, 1.54) is 36.4 Å². The van der Waals surface area contributed by atoms with Crippen molar-refractivity contribution in [1.82, 2.24) is 9.78 Å². The zero-order valence-corrected chi connectivity index (χ0v) is 14.6. The van der Waals surface area contributed by atoms with Crippen LogP contribution in [-0.2, 0) is 6.18 Å². The number of phenolic OH excluding ortho intramolecular Hbond substituents is 1. The van der Waals surface area contributed by atoms with Crippen LogP contribution in [0.4, 0.5) is 18.9 Å². The number of phenols is 1. The number of rotatable bonds is 3. The number of alkyl halides is 3. The van der Waals surface area contributed by atoms with Gasteiger partial charge in [0.15, 0.2) is 5.69 Å². The fourth-order valence-corrected chi connectivity index (χ4v) is 2.71. The van der Waals surface area contributed by atoms with Crippen LogP contribution in [0.15, 0.2) is 48.7 Å². The Balaban J connectivity index is 2.04. The van der Waals surface area contributed by atoms with E-state index in [9.17, 15) is 23.1 Å². The smallest absolute Gasteiger partial charge is 0.434 e. The first-order valence-corrected chi connectivity index (χ1v) is 8.07. The van der Waals surface area contributed by atoms with Gasteiger partial charge in [0, 0.05) is 5.02 Å². The summed E-state index contributed by atoms with van der Waals surface area (Å²) in [7, 11) is 0. The topological polar surface area (TPSA) is 67.2 Å². The fourth-order valence-electron chi connectivity index (χ4n) is 2.53. The monoisotopic (exact) mass is 395 g/mol. The molecular formula is C18H13ClF3N3O2. The van der Waals surface area contributed by atoms with Crippen LogP contribution in [0.2, 0.25) is 5.02 Å². The number of nitrogens with one attached hydrogen (secondary N) is 1. The molecule has 0 aliphatic heterocycles. The lowest BCUT2D eigenvalue weighted by atomic mass is 10.2. The first-order chi connectivity index (χ1) is 12.7. The molecule has 0 bridgehead atoms. The Labute approximate surface area is 157 Å². The van der Waals surface area contributed by atoms with Crippen LogP contribution >= 0.6 is 11.6 Å². The fraction of sp³-hybridized carbons (Fsp3) is 0.111. The molecule has 0 radical (unpaired) electrons. The summed E-state index contributed by atoms with van der Waals surface area (Å²) in [6, 6.07) is 10.1. The van der Waals surface area contributed by atoms with Gasteiger partial charge in [-0.2, -0.15) is 18.3 Å². The molecule has 9 heteroatoms. The zero-order valence-electron chi connectivity index (χ0n) is 13.9. The minimum Gasteiger partial charge on any atom is -0.506 e. The molecule has 2 N–H and O–H groups in total. The van der Waals surface area contributed by atoms with Crippen molar-refractivity contribution in [1.29, 1.82) is 0 Å². The molecule has 1 heterocycles. The minimum absolute atomic E-state index is 0.00534. The van der Waals surface area contributed by atoms with Gasteiger partial charge in [-0.1, -0.05) is 23.7 Å². The number of hydrogen-bond acceptors (Lipinski definition) is 3. The van der Waals surface area contributed by atoms with Crippen molar-refractivity contribution in [2.45, 2.75) is 13.1 Å². The molecular weight excluding hydrogens is 383 g/mol. The van der Waals surface area contributed by atoms with Crippen molar-refractivity contribution < 1.29 is 23.1 Å².